The van der Waals surface area contributed by atoms with Crippen LogP contribution in [0.2, 0.25) is 0 Å². The second kappa shape index (κ2) is 5.08. The van der Waals surface area contributed by atoms with E-state index in [9.17, 15) is 22.8 Å². The van der Waals surface area contributed by atoms with Crippen LogP contribution < -0.4 is 5.32 Å². The Balaban J connectivity index is 2.67. The molecule has 0 bridgehead atoms. The second-order valence-corrected chi connectivity index (χ2v) is 3.86. The first-order valence-corrected chi connectivity index (χ1v) is 5.02. The van der Waals surface area contributed by atoms with Crippen molar-refractivity contribution in [2.24, 2.45) is 0 Å². The number of carbonyl (C=O) groups excluding carboxylic acids is 2. The molecule has 1 aromatic heterocycles. The standard InChI is InChI=1S/C7H7F3N4O2S/c1-14(2-3-15)6(16)11-5-13-12-4(17-5)7(8,9)10/h3H,2H2,1H3,(H,11,13,16). The third-order valence-corrected chi connectivity index (χ3v) is 2.46. The van der Waals surface area contributed by atoms with Crippen molar-refractivity contribution < 1.29 is 22.8 Å². The van der Waals surface area contributed by atoms with Gasteiger partial charge >= 0.3 is 12.2 Å². The van der Waals surface area contributed by atoms with Crippen LogP contribution in [0.5, 0.6) is 0 Å². The van der Waals surface area contributed by atoms with Gasteiger partial charge < -0.3 is 9.69 Å². The van der Waals surface area contributed by atoms with Crippen LogP contribution >= 0.6 is 11.3 Å². The molecule has 0 aliphatic carbocycles. The van der Waals surface area contributed by atoms with Crippen LogP contribution in [-0.2, 0) is 11.0 Å². The van der Waals surface area contributed by atoms with Crippen LogP contribution in [0.4, 0.5) is 23.1 Å². The topological polar surface area (TPSA) is 75.2 Å². The van der Waals surface area contributed by atoms with E-state index < -0.39 is 17.2 Å². The molecule has 0 spiro atoms. The van der Waals surface area contributed by atoms with Gasteiger partial charge in [-0.15, -0.1) is 10.2 Å². The molecule has 0 aliphatic rings. The quantitative estimate of drug-likeness (QED) is 0.836. The summed E-state index contributed by atoms with van der Waals surface area (Å²) < 4.78 is 36.5. The summed E-state index contributed by atoms with van der Waals surface area (Å²) in [6.07, 6.45) is -4.10. The smallest absolute Gasteiger partial charge is 0.321 e. The molecule has 2 amide bonds. The molecule has 0 radical (unpaired) electrons. The Morgan fingerprint density at radius 2 is 2.18 bits per heavy atom. The van der Waals surface area contributed by atoms with Crippen molar-refractivity contribution in [2.75, 3.05) is 18.9 Å². The fourth-order valence-corrected chi connectivity index (χ4v) is 1.37. The molecule has 10 heteroatoms. The van der Waals surface area contributed by atoms with Gasteiger partial charge in [0.1, 0.15) is 6.29 Å². The van der Waals surface area contributed by atoms with E-state index in [1.807, 2.05) is 0 Å². The van der Waals surface area contributed by atoms with Crippen molar-refractivity contribution in [1.82, 2.24) is 15.1 Å². The highest BCUT2D eigenvalue weighted by atomic mass is 32.1. The van der Waals surface area contributed by atoms with Crippen LogP contribution in [-0.4, -0.2) is 41.0 Å². The number of nitrogens with one attached hydrogen (secondary N) is 1. The van der Waals surface area contributed by atoms with Crippen LogP contribution in [0.1, 0.15) is 5.01 Å². The van der Waals surface area contributed by atoms with Crippen molar-refractivity contribution >= 4 is 28.8 Å². The number of aromatic nitrogens is 2. The van der Waals surface area contributed by atoms with Crippen molar-refractivity contribution in [3.05, 3.63) is 5.01 Å². The molecule has 0 saturated heterocycles. The monoisotopic (exact) mass is 268 g/mol. The lowest BCUT2D eigenvalue weighted by atomic mass is 10.6. The van der Waals surface area contributed by atoms with Gasteiger partial charge in [0.25, 0.3) is 0 Å². The van der Waals surface area contributed by atoms with Gasteiger partial charge in [-0.1, -0.05) is 11.3 Å². The van der Waals surface area contributed by atoms with E-state index in [-0.39, 0.29) is 23.0 Å². The third kappa shape index (κ3) is 3.66. The van der Waals surface area contributed by atoms with Gasteiger partial charge in [-0.2, -0.15) is 13.2 Å². The number of alkyl halides is 3. The highest BCUT2D eigenvalue weighted by molar-refractivity contribution is 7.15. The van der Waals surface area contributed by atoms with Crippen LogP contribution in [0.25, 0.3) is 0 Å². The molecule has 0 aromatic carbocycles. The molecule has 0 fully saturated rings. The predicted octanol–water partition coefficient (Wildman–Crippen LogP) is 1.22. The largest absolute Gasteiger partial charge is 0.445 e. The molecule has 17 heavy (non-hydrogen) atoms. The first-order valence-electron chi connectivity index (χ1n) is 4.21. The minimum absolute atomic E-state index is 0.170. The number of urea groups is 1. The molecular formula is C7H7F3N4O2S. The van der Waals surface area contributed by atoms with Gasteiger partial charge in [0, 0.05) is 7.05 Å². The van der Waals surface area contributed by atoms with Gasteiger partial charge in [-0.05, 0) is 0 Å². The lowest BCUT2D eigenvalue weighted by molar-refractivity contribution is -0.138. The molecule has 0 saturated carbocycles. The Morgan fingerprint density at radius 3 is 2.65 bits per heavy atom. The SMILES string of the molecule is CN(CC=O)C(=O)Nc1nnc(C(F)(F)F)s1. The Bertz CT molecular complexity index is 419. The summed E-state index contributed by atoms with van der Waals surface area (Å²) >= 11 is 0.209. The predicted molar refractivity (Wildman–Crippen MR) is 52.6 cm³/mol. The van der Waals surface area contributed by atoms with E-state index in [0.29, 0.717) is 6.29 Å². The molecule has 94 valence electrons. The number of amides is 2. The fraction of sp³-hybridized carbons (Fsp3) is 0.429. The Labute approximate surface area is 97.4 Å². The van der Waals surface area contributed by atoms with Crippen LogP contribution in [0, 0.1) is 0 Å². The van der Waals surface area contributed by atoms with Gasteiger partial charge in [0.2, 0.25) is 10.1 Å². The Hall–Kier alpha value is -1.71. The van der Waals surface area contributed by atoms with E-state index in [1.54, 1.807) is 0 Å². The van der Waals surface area contributed by atoms with Crippen molar-refractivity contribution in [2.45, 2.75) is 6.18 Å². The number of aldehydes is 1. The average molecular weight is 268 g/mol. The van der Waals surface area contributed by atoms with Gasteiger partial charge in [-0.3, -0.25) is 5.32 Å². The number of hydrogen-bond acceptors (Lipinski definition) is 5. The van der Waals surface area contributed by atoms with E-state index in [2.05, 4.69) is 15.5 Å². The lowest BCUT2D eigenvalue weighted by Crippen LogP contribution is -2.32. The summed E-state index contributed by atoms with van der Waals surface area (Å²) in [7, 11) is 1.31. The maximum Gasteiger partial charge on any atom is 0.445 e. The number of likely N-dealkylation sites (N-methyl/N-ethyl adjacent to an activating group) is 1. The molecule has 1 N–H and O–H groups in total. The number of halogens is 3. The van der Waals surface area contributed by atoms with Crippen LogP contribution in [0.3, 0.4) is 0 Å². The summed E-state index contributed by atoms with van der Waals surface area (Å²) in [4.78, 5) is 22.4. The molecule has 0 unspecified atom stereocenters. The zero-order chi connectivity index (χ0) is 13.1. The summed E-state index contributed by atoms with van der Waals surface area (Å²) in [6, 6.07) is -0.734. The van der Waals surface area contributed by atoms with E-state index >= 15 is 0 Å². The summed E-state index contributed by atoms with van der Waals surface area (Å²) in [6.45, 7) is -0.170. The number of carbonyl (C=O) groups is 2. The maximum atomic E-state index is 12.2. The zero-order valence-corrected chi connectivity index (χ0v) is 9.30. The highest BCUT2D eigenvalue weighted by Gasteiger charge is 2.35. The van der Waals surface area contributed by atoms with Crippen molar-refractivity contribution in [1.29, 1.82) is 0 Å². The summed E-state index contributed by atoms with van der Waals surface area (Å²) in [5.74, 6) is 0. The minimum Gasteiger partial charge on any atom is -0.321 e. The van der Waals surface area contributed by atoms with Gasteiger partial charge in [-0.25, -0.2) is 4.79 Å². The normalized spacial score (nSPS) is 11.1. The second-order valence-electron chi connectivity index (χ2n) is 2.89. The zero-order valence-electron chi connectivity index (χ0n) is 8.48. The minimum atomic E-state index is -4.59. The molecule has 1 rings (SSSR count). The van der Waals surface area contributed by atoms with Crippen LogP contribution in [0.15, 0.2) is 0 Å². The number of nitrogens with zero attached hydrogens (tertiary/aromatic N) is 3. The molecule has 0 atom stereocenters. The fourth-order valence-electron chi connectivity index (χ4n) is 0.770. The lowest BCUT2D eigenvalue weighted by Gasteiger charge is -2.12. The van der Waals surface area contributed by atoms with Crippen molar-refractivity contribution in [3.8, 4) is 0 Å². The highest BCUT2D eigenvalue weighted by Crippen LogP contribution is 2.32. The summed E-state index contributed by atoms with van der Waals surface area (Å²) in [5, 5.41) is 6.72. The van der Waals surface area contributed by atoms with E-state index in [1.165, 1.54) is 7.05 Å². The Morgan fingerprint density at radius 1 is 1.53 bits per heavy atom. The van der Waals surface area contributed by atoms with E-state index in [0.717, 1.165) is 4.90 Å². The molecule has 0 aliphatic heterocycles. The number of anilines is 1. The Kier molecular flexibility index (Phi) is 3.99. The summed E-state index contributed by atoms with van der Waals surface area (Å²) in [5.41, 5.74) is 0. The van der Waals surface area contributed by atoms with Gasteiger partial charge in [0.15, 0.2) is 0 Å². The molecule has 1 aromatic rings. The number of hydrogen-bond donors (Lipinski definition) is 1. The molecule has 1 heterocycles. The van der Waals surface area contributed by atoms with Crippen molar-refractivity contribution in [3.63, 3.8) is 0 Å². The molecule has 6 nitrogen and oxygen atoms in total. The first-order chi connectivity index (χ1) is 7.84. The number of rotatable bonds is 3. The molecular weight excluding hydrogens is 261 g/mol. The average Bonchev–Trinajstić information content (AvgIpc) is 2.66. The third-order valence-electron chi connectivity index (χ3n) is 1.58. The van der Waals surface area contributed by atoms with Gasteiger partial charge in [0.05, 0.1) is 6.54 Å². The maximum absolute atomic E-state index is 12.2. The first kappa shape index (κ1) is 13.4. The van der Waals surface area contributed by atoms with E-state index in [4.69, 9.17) is 0 Å².